The van der Waals surface area contributed by atoms with Crippen molar-refractivity contribution in [3.05, 3.63) is 0 Å². The third-order valence-electron chi connectivity index (χ3n) is 3.19. The molecule has 0 saturated heterocycles. The Morgan fingerprint density at radius 2 is 1.43 bits per heavy atom. The van der Waals surface area contributed by atoms with Crippen molar-refractivity contribution in [2.45, 2.75) is 71.1 Å². The van der Waals surface area contributed by atoms with Crippen LogP contribution in [0.1, 0.15) is 71.1 Å². The molecule has 0 heterocycles. The zero-order chi connectivity index (χ0) is 15.3. The predicted molar refractivity (Wildman–Crippen MR) is 87.0 cm³/mol. The van der Waals surface area contributed by atoms with E-state index in [4.69, 9.17) is 4.55 Å². The fraction of sp³-hybridized carbons (Fsp3) is 0.929. The Morgan fingerprint density at radius 1 is 0.952 bits per heavy atom. The van der Waals surface area contributed by atoms with Crippen molar-refractivity contribution in [2.75, 3.05) is 12.3 Å². The van der Waals surface area contributed by atoms with Crippen molar-refractivity contribution in [1.82, 2.24) is 5.32 Å². The van der Waals surface area contributed by atoms with E-state index in [0.29, 0.717) is 6.42 Å². The third kappa shape index (κ3) is 21.0. The van der Waals surface area contributed by atoms with Crippen LogP contribution >= 0.6 is 0 Å². The van der Waals surface area contributed by atoms with Gasteiger partial charge in [0.1, 0.15) is 0 Å². The normalized spacial score (nSPS) is 11.0. The molecule has 0 spiro atoms. The van der Waals surface area contributed by atoms with Gasteiger partial charge in [-0.15, -0.1) is 0 Å². The van der Waals surface area contributed by atoms with Crippen LogP contribution in [0.2, 0.25) is 0 Å². The molecule has 21 heavy (non-hydrogen) atoms. The van der Waals surface area contributed by atoms with Gasteiger partial charge in [-0.3, -0.25) is 9.35 Å². The molecule has 5 nitrogen and oxygen atoms in total. The second-order valence-corrected chi connectivity index (χ2v) is 6.79. The van der Waals surface area contributed by atoms with Crippen molar-refractivity contribution >= 4 is 64.9 Å². The maximum atomic E-state index is 11.3. The van der Waals surface area contributed by atoms with Crippen LogP contribution in [0.3, 0.4) is 0 Å². The summed E-state index contributed by atoms with van der Waals surface area (Å²) in [5.41, 5.74) is 0. The Labute approximate surface area is 169 Å². The fourth-order valence-electron chi connectivity index (χ4n) is 2.00. The smallest absolute Gasteiger partial charge is 0.266 e. The summed E-state index contributed by atoms with van der Waals surface area (Å²) in [5.74, 6) is -0.562. The number of rotatable bonds is 13. The topological polar surface area (TPSA) is 83.5 Å². The van der Waals surface area contributed by atoms with Gasteiger partial charge in [0.2, 0.25) is 5.91 Å². The summed E-state index contributed by atoms with van der Waals surface area (Å²) in [6.45, 7) is 2.19. The largest absolute Gasteiger partial charge is 0.355 e. The number of unbranched alkanes of at least 4 members (excludes halogenated alkanes) is 8. The van der Waals surface area contributed by atoms with E-state index in [1.807, 2.05) is 0 Å². The summed E-state index contributed by atoms with van der Waals surface area (Å²) < 4.78 is 29.4. The van der Waals surface area contributed by atoms with Crippen LogP contribution in [0.4, 0.5) is 0 Å². The van der Waals surface area contributed by atoms with Crippen LogP contribution in [0.25, 0.3) is 0 Å². The molecule has 0 aliphatic carbocycles. The van der Waals surface area contributed by atoms with E-state index in [-0.39, 0.29) is 61.3 Å². The van der Waals surface area contributed by atoms with E-state index in [1.54, 1.807) is 0 Å². The van der Waals surface area contributed by atoms with Gasteiger partial charge in [0.25, 0.3) is 10.1 Å². The molecule has 0 aliphatic rings. The Balaban J connectivity index is 0. The SMILES string of the molecule is CCCCCCCCCCCC(=O)NCCS(=O)(=O)O.[Ba]. The van der Waals surface area contributed by atoms with E-state index >= 15 is 0 Å². The minimum Gasteiger partial charge on any atom is -0.355 e. The van der Waals surface area contributed by atoms with Crippen molar-refractivity contribution in [2.24, 2.45) is 0 Å². The molecule has 0 aromatic rings. The van der Waals surface area contributed by atoms with Crippen molar-refractivity contribution in [1.29, 1.82) is 0 Å². The monoisotopic (exact) mass is 445 g/mol. The average Bonchev–Trinajstić information content (AvgIpc) is 2.35. The Morgan fingerprint density at radius 3 is 1.90 bits per heavy atom. The minimum atomic E-state index is -3.98. The third-order valence-corrected chi connectivity index (χ3v) is 3.91. The molecule has 2 radical (unpaired) electrons. The molecule has 0 atom stereocenters. The van der Waals surface area contributed by atoms with E-state index < -0.39 is 15.9 Å². The maximum Gasteiger partial charge on any atom is 0.266 e. The minimum absolute atomic E-state index is 0. The molecule has 0 saturated carbocycles. The number of carbonyl (C=O) groups excluding carboxylic acids is 1. The summed E-state index contributed by atoms with van der Waals surface area (Å²) in [4.78, 5) is 11.3. The molecule has 2 N–H and O–H groups in total. The van der Waals surface area contributed by atoms with E-state index in [2.05, 4.69) is 12.2 Å². The van der Waals surface area contributed by atoms with Gasteiger partial charge in [0, 0.05) is 61.8 Å². The Hall–Kier alpha value is 0.951. The van der Waals surface area contributed by atoms with Gasteiger partial charge < -0.3 is 5.32 Å². The maximum absolute atomic E-state index is 11.3. The Bertz CT molecular complexity index is 347. The Kier molecular flexibility index (Phi) is 18.3. The summed E-state index contributed by atoms with van der Waals surface area (Å²) in [6.07, 6.45) is 11.2. The molecule has 0 aliphatic heterocycles. The zero-order valence-electron chi connectivity index (χ0n) is 13.3. The van der Waals surface area contributed by atoms with Gasteiger partial charge in [-0.25, -0.2) is 0 Å². The molecule has 0 unspecified atom stereocenters. The van der Waals surface area contributed by atoms with Crippen LogP contribution in [0.5, 0.6) is 0 Å². The van der Waals surface area contributed by atoms with E-state index in [1.165, 1.54) is 38.5 Å². The van der Waals surface area contributed by atoms with Crippen molar-refractivity contribution in [3.63, 3.8) is 0 Å². The van der Waals surface area contributed by atoms with Gasteiger partial charge in [0.15, 0.2) is 0 Å². The molecular weight excluding hydrogens is 416 g/mol. The van der Waals surface area contributed by atoms with Crippen molar-refractivity contribution < 1.29 is 17.8 Å². The molecule has 0 rings (SSSR count). The van der Waals surface area contributed by atoms with Gasteiger partial charge in [-0.2, -0.15) is 8.42 Å². The van der Waals surface area contributed by atoms with Crippen molar-refractivity contribution in [3.8, 4) is 0 Å². The van der Waals surface area contributed by atoms with Crippen LogP contribution in [0, 0.1) is 0 Å². The first-order valence-electron chi connectivity index (χ1n) is 7.67. The van der Waals surface area contributed by atoms with Crippen LogP contribution < -0.4 is 5.32 Å². The van der Waals surface area contributed by atoms with Gasteiger partial charge >= 0.3 is 0 Å². The molecule has 1 amide bonds. The standard InChI is InChI=1S/C14H29NO4S.Ba/c1-2-3-4-5-6-7-8-9-10-11-14(16)15-12-13-20(17,18)19;/h2-13H2,1H3,(H,15,16)(H,17,18,19);. The summed E-state index contributed by atoms with van der Waals surface area (Å²) in [5, 5.41) is 2.49. The average molecular weight is 445 g/mol. The predicted octanol–water partition coefficient (Wildman–Crippen LogP) is 2.53. The molecule has 0 bridgehead atoms. The summed E-state index contributed by atoms with van der Waals surface area (Å²) in [6, 6.07) is 0. The number of nitrogens with one attached hydrogen (secondary N) is 1. The second kappa shape index (κ2) is 15.8. The molecule has 0 aromatic heterocycles. The molecule has 0 fully saturated rings. The first kappa shape index (κ1) is 24.2. The first-order chi connectivity index (χ1) is 9.45. The van der Waals surface area contributed by atoms with Gasteiger partial charge in [-0.05, 0) is 6.42 Å². The molecule has 122 valence electrons. The first-order valence-corrected chi connectivity index (χ1v) is 9.28. The van der Waals surface area contributed by atoms with Gasteiger partial charge in [0.05, 0.1) is 5.75 Å². The van der Waals surface area contributed by atoms with Gasteiger partial charge in [-0.1, -0.05) is 58.3 Å². The molecule has 0 aromatic carbocycles. The zero-order valence-corrected chi connectivity index (χ0v) is 18.5. The second-order valence-electron chi connectivity index (χ2n) is 5.21. The fourth-order valence-corrected chi connectivity index (χ4v) is 2.36. The quantitative estimate of drug-likeness (QED) is 0.260. The number of amides is 1. The summed E-state index contributed by atoms with van der Waals surface area (Å²) >= 11 is 0. The van der Waals surface area contributed by atoms with Crippen LogP contribution in [-0.2, 0) is 14.9 Å². The molecule has 7 heteroatoms. The number of hydrogen-bond acceptors (Lipinski definition) is 3. The summed E-state index contributed by atoms with van der Waals surface area (Å²) in [7, 11) is -3.98. The molecular formula is C14H29BaNO4S. The van der Waals surface area contributed by atoms with Crippen LogP contribution in [-0.4, -0.2) is 80.1 Å². The number of hydrogen-bond donors (Lipinski definition) is 2. The van der Waals surface area contributed by atoms with Crippen LogP contribution in [0.15, 0.2) is 0 Å². The van der Waals surface area contributed by atoms with E-state index in [0.717, 1.165) is 19.3 Å². The number of carbonyl (C=O) groups is 1. The van der Waals surface area contributed by atoms with E-state index in [9.17, 15) is 13.2 Å².